The van der Waals surface area contributed by atoms with E-state index in [-0.39, 0.29) is 5.57 Å². The summed E-state index contributed by atoms with van der Waals surface area (Å²) in [5.41, 5.74) is 0.269. The molecule has 1 atom stereocenters. The van der Waals surface area contributed by atoms with Gasteiger partial charge in [0, 0.05) is 18.2 Å². The lowest BCUT2D eigenvalue weighted by molar-refractivity contribution is 0.159. The molecule has 0 spiro atoms. The summed E-state index contributed by atoms with van der Waals surface area (Å²) in [5, 5.41) is 0. The van der Waals surface area contributed by atoms with E-state index in [0.717, 1.165) is 6.42 Å². The van der Waals surface area contributed by atoms with Crippen LogP contribution in [0.25, 0.3) is 0 Å². The van der Waals surface area contributed by atoms with E-state index in [1.807, 2.05) is 18.9 Å². The lowest BCUT2D eigenvalue weighted by Crippen LogP contribution is -2.35. The van der Waals surface area contributed by atoms with Gasteiger partial charge in [-0.25, -0.2) is 8.78 Å². The van der Waals surface area contributed by atoms with Crippen LogP contribution < -0.4 is 0 Å². The second-order valence-electron chi connectivity index (χ2n) is 3.08. The summed E-state index contributed by atoms with van der Waals surface area (Å²) >= 11 is 0. The number of nitrogens with zero attached hydrogens (tertiary/aromatic N) is 1. The Morgan fingerprint density at radius 1 is 1.64 bits per heavy atom. The molecule has 1 nitrogen and oxygen atoms in total. The highest BCUT2D eigenvalue weighted by Gasteiger charge is 2.20. The molecule has 0 bridgehead atoms. The van der Waals surface area contributed by atoms with Crippen molar-refractivity contribution in [2.45, 2.75) is 25.8 Å². The summed E-state index contributed by atoms with van der Waals surface area (Å²) in [6, 6.07) is 0.400. The van der Waals surface area contributed by atoms with Crippen molar-refractivity contribution in [1.29, 1.82) is 0 Å². The van der Waals surface area contributed by atoms with E-state index in [4.69, 9.17) is 0 Å². The minimum atomic E-state index is -2.27. The largest absolute Gasteiger partial charge is 0.299 e. The summed E-state index contributed by atoms with van der Waals surface area (Å²) in [6.45, 7) is 2.46. The normalized spacial score (nSPS) is 27.4. The fourth-order valence-corrected chi connectivity index (χ4v) is 1.17. The molecule has 0 aromatic rings. The van der Waals surface area contributed by atoms with Gasteiger partial charge in [0.1, 0.15) is 0 Å². The van der Waals surface area contributed by atoms with Crippen LogP contribution in [-0.2, 0) is 0 Å². The summed E-state index contributed by atoms with van der Waals surface area (Å²) < 4.78 is 24.3. The van der Waals surface area contributed by atoms with Gasteiger partial charge in [0.15, 0.2) is 0 Å². The first-order valence-corrected chi connectivity index (χ1v) is 3.78. The number of hydrogen-bond acceptors (Lipinski definition) is 1. The Balaban J connectivity index is 2.59. The molecule has 0 saturated carbocycles. The van der Waals surface area contributed by atoms with E-state index in [1.165, 1.54) is 0 Å². The molecule has 1 aliphatic rings. The van der Waals surface area contributed by atoms with Crippen molar-refractivity contribution < 1.29 is 8.78 Å². The molecule has 3 heteroatoms. The van der Waals surface area contributed by atoms with Gasteiger partial charge in [0.25, 0.3) is 6.43 Å². The zero-order chi connectivity index (χ0) is 8.43. The molecule has 0 radical (unpaired) electrons. The SMILES string of the molecule is CC1CC=C(C(F)F)CN1C. The molecule has 0 aromatic heterocycles. The van der Waals surface area contributed by atoms with Crippen molar-refractivity contribution >= 4 is 0 Å². The number of rotatable bonds is 1. The van der Waals surface area contributed by atoms with Crippen LogP contribution in [0.3, 0.4) is 0 Å². The molecule has 1 unspecified atom stereocenters. The Hall–Kier alpha value is -0.440. The smallest absolute Gasteiger partial charge is 0.261 e. The fraction of sp³-hybridized carbons (Fsp3) is 0.750. The van der Waals surface area contributed by atoms with Gasteiger partial charge in [-0.1, -0.05) is 6.08 Å². The molecule has 0 fully saturated rings. The van der Waals surface area contributed by atoms with Crippen LogP contribution in [-0.4, -0.2) is 31.0 Å². The van der Waals surface area contributed by atoms with Crippen LogP contribution in [0.15, 0.2) is 11.6 Å². The zero-order valence-electron chi connectivity index (χ0n) is 6.85. The highest BCUT2D eigenvalue weighted by molar-refractivity contribution is 5.11. The third kappa shape index (κ3) is 1.99. The van der Waals surface area contributed by atoms with Crippen molar-refractivity contribution in [1.82, 2.24) is 4.90 Å². The zero-order valence-corrected chi connectivity index (χ0v) is 6.85. The van der Waals surface area contributed by atoms with Crippen LogP contribution in [0.4, 0.5) is 8.78 Å². The van der Waals surface area contributed by atoms with Crippen LogP contribution in [0.2, 0.25) is 0 Å². The van der Waals surface area contributed by atoms with Gasteiger partial charge in [-0.2, -0.15) is 0 Å². The van der Waals surface area contributed by atoms with Gasteiger partial charge in [0.05, 0.1) is 0 Å². The number of likely N-dealkylation sites (N-methyl/N-ethyl adjacent to an activating group) is 1. The molecular weight excluding hydrogens is 148 g/mol. The predicted octanol–water partition coefficient (Wildman–Crippen LogP) is 1.90. The van der Waals surface area contributed by atoms with Crippen molar-refractivity contribution in [2.24, 2.45) is 0 Å². The predicted molar refractivity (Wildman–Crippen MR) is 40.8 cm³/mol. The van der Waals surface area contributed by atoms with Crippen molar-refractivity contribution in [2.75, 3.05) is 13.6 Å². The lowest BCUT2D eigenvalue weighted by Gasteiger charge is -2.29. The molecule has 1 aliphatic heterocycles. The second kappa shape index (κ2) is 3.30. The molecule has 1 heterocycles. The maximum Gasteiger partial charge on any atom is 0.261 e. The Labute approximate surface area is 65.7 Å². The molecule has 0 N–H and O–H groups in total. The Morgan fingerprint density at radius 2 is 2.27 bits per heavy atom. The summed E-state index contributed by atoms with van der Waals surface area (Å²) in [5.74, 6) is 0. The number of halogens is 2. The van der Waals surface area contributed by atoms with Crippen molar-refractivity contribution in [3.63, 3.8) is 0 Å². The first-order chi connectivity index (χ1) is 5.11. The summed E-state index contributed by atoms with van der Waals surface area (Å²) in [7, 11) is 1.88. The molecule has 11 heavy (non-hydrogen) atoms. The first-order valence-electron chi connectivity index (χ1n) is 3.78. The minimum absolute atomic E-state index is 0.269. The monoisotopic (exact) mass is 161 g/mol. The fourth-order valence-electron chi connectivity index (χ4n) is 1.17. The van der Waals surface area contributed by atoms with Gasteiger partial charge in [-0.15, -0.1) is 0 Å². The molecule has 64 valence electrons. The van der Waals surface area contributed by atoms with E-state index in [2.05, 4.69) is 0 Å². The Bertz CT molecular complexity index is 165. The summed E-state index contributed by atoms with van der Waals surface area (Å²) in [4.78, 5) is 1.95. The van der Waals surface area contributed by atoms with Crippen LogP contribution in [0.1, 0.15) is 13.3 Å². The molecule has 0 aliphatic carbocycles. The Morgan fingerprint density at radius 3 is 2.73 bits per heavy atom. The highest BCUT2D eigenvalue weighted by Crippen LogP contribution is 2.18. The molecule has 0 amide bonds. The average Bonchev–Trinajstić information content (AvgIpc) is 1.94. The van der Waals surface area contributed by atoms with E-state index in [9.17, 15) is 8.78 Å². The van der Waals surface area contributed by atoms with Crippen LogP contribution in [0.5, 0.6) is 0 Å². The van der Waals surface area contributed by atoms with Crippen molar-refractivity contribution in [3.05, 3.63) is 11.6 Å². The molecule has 0 saturated heterocycles. The Kier molecular flexibility index (Phi) is 2.60. The summed E-state index contributed by atoms with van der Waals surface area (Å²) in [6.07, 6.45) is 0.135. The van der Waals surface area contributed by atoms with Gasteiger partial charge >= 0.3 is 0 Å². The van der Waals surface area contributed by atoms with Crippen LogP contribution in [0, 0.1) is 0 Å². The number of hydrogen-bond donors (Lipinski definition) is 0. The quantitative estimate of drug-likeness (QED) is 0.531. The minimum Gasteiger partial charge on any atom is -0.299 e. The maximum atomic E-state index is 12.1. The topological polar surface area (TPSA) is 3.24 Å². The number of alkyl halides is 2. The standard InChI is InChI=1S/C8H13F2N/c1-6-3-4-7(8(9)10)5-11(6)2/h4,6,8H,3,5H2,1-2H3. The van der Waals surface area contributed by atoms with Gasteiger partial charge in [-0.05, 0) is 20.4 Å². The third-order valence-corrected chi connectivity index (χ3v) is 2.19. The molecular formula is C8H13F2N. The first kappa shape index (κ1) is 8.65. The third-order valence-electron chi connectivity index (χ3n) is 2.19. The van der Waals surface area contributed by atoms with Crippen LogP contribution >= 0.6 is 0 Å². The van der Waals surface area contributed by atoms with E-state index in [0.29, 0.717) is 12.6 Å². The van der Waals surface area contributed by atoms with Crippen molar-refractivity contribution in [3.8, 4) is 0 Å². The maximum absolute atomic E-state index is 12.1. The lowest BCUT2D eigenvalue weighted by atomic mass is 10.1. The van der Waals surface area contributed by atoms with Gasteiger partial charge in [-0.3, -0.25) is 4.90 Å². The van der Waals surface area contributed by atoms with E-state index < -0.39 is 6.43 Å². The average molecular weight is 161 g/mol. The van der Waals surface area contributed by atoms with E-state index >= 15 is 0 Å². The van der Waals surface area contributed by atoms with E-state index in [1.54, 1.807) is 6.08 Å². The van der Waals surface area contributed by atoms with Gasteiger partial charge in [0.2, 0.25) is 0 Å². The highest BCUT2D eigenvalue weighted by atomic mass is 19.3. The molecule has 1 rings (SSSR count). The van der Waals surface area contributed by atoms with Gasteiger partial charge < -0.3 is 0 Å². The second-order valence-corrected chi connectivity index (χ2v) is 3.08. The molecule has 0 aromatic carbocycles.